The fourth-order valence-electron chi connectivity index (χ4n) is 2.48. The van der Waals surface area contributed by atoms with Gasteiger partial charge in [0, 0.05) is 23.1 Å². The zero-order chi connectivity index (χ0) is 15.3. The highest BCUT2D eigenvalue weighted by Gasteiger charge is 2.32. The Kier molecular flexibility index (Phi) is 2.80. The van der Waals surface area contributed by atoms with Crippen LogP contribution >= 0.6 is 11.3 Å². The first-order valence-electron chi connectivity index (χ1n) is 6.84. The van der Waals surface area contributed by atoms with Gasteiger partial charge in [0.15, 0.2) is 11.6 Å². The number of rotatable bonds is 2. The minimum atomic E-state index is -0.136. The zero-order valence-electron chi connectivity index (χ0n) is 11.6. The topological polar surface area (TPSA) is 73.1 Å². The van der Waals surface area contributed by atoms with Crippen LogP contribution in [0.5, 0.6) is 0 Å². The molecule has 0 aliphatic heterocycles. The normalized spacial score (nSPS) is 13.1. The van der Waals surface area contributed by atoms with Crippen LogP contribution in [0.2, 0.25) is 0 Å². The highest BCUT2D eigenvalue weighted by atomic mass is 32.1. The number of ketones is 2. The van der Waals surface area contributed by atoms with Gasteiger partial charge in [-0.05, 0) is 6.07 Å². The summed E-state index contributed by atoms with van der Waals surface area (Å²) < 4.78 is 5.19. The van der Waals surface area contributed by atoms with E-state index in [-0.39, 0.29) is 11.6 Å². The van der Waals surface area contributed by atoms with Crippen molar-refractivity contribution in [3.63, 3.8) is 0 Å². The number of hydrogen-bond acceptors (Lipinski definition) is 6. The van der Waals surface area contributed by atoms with Crippen molar-refractivity contribution in [2.45, 2.75) is 13.3 Å². The van der Waals surface area contributed by atoms with Gasteiger partial charge < -0.3 is 4.52 Å². The number of hydrogen-bond donors (Lipinski definition) is 0. The molecule has 1 aliphatic rings. The van der Waals surface area contributed by atoms with E-state index in [0.29, 0.717) is 44.6 Å². The Bertz CT molecular complexity index is 871. The largest absolute Gasteiger partial charge is 0.333 e. The summed E-state index contributed by atoms with van der Waals surface area (Å²) >= 11 is 1.22. The first-order chi connectivity index (χ1) is 10.7. The number of fused-ring (bicyclic) bond motifs is 2. The Balaban J connectivity index is 1.86. The molecule has 0 amide bonds. The van der Waals surface area contributed by atoms with Gasteiger partial charge >= 0.3 is 0 Å². The molecule has 5 nitrogen and oxygen atoms in total. The van der Waals surface area contributed by atoms with E-state index in [1.54, 1.807) is 30.3 Å². The van der Waals surface area contributed by atoms with Crippen molar-refractivity contribution in [2.75, 3.05) is 0 Å². The van der Waals surface area contributed by atoms with Gasteiger partial charge in [0.2, 0.25) is 5.78 Å². The third kappa shape index (κ3) is 1.77. The summed E-state index contributed by atoms with van der Waals surface area (Å²) in [6.45, 7) is 1.93. The van der Waals surface area contributed by atoms with Crippen LogP contribution in [0.1, 0.15) is 43.9 Å². The molecular formula is C16H10N2O3S. The molecule has 6 heteroatoms. The fraction of sp³-hybridized carbons (Fsp3) is 0.125. The molecule has 22 heavy (non-hydrogen) atoms. The van der Waals surface area contributed by atoms with E-state index in [0.717, 1.165) is 0 Å². The van der Waals surface area contributed by atoms with Gasteiger partial charge in [-0.1, -0.05) is 36.3 Å². The van der Waals surface area contributed by atoms with Crippen LogP contribution in [-0.4, -0.2) is 21.7 Å². The maximum atomic E-state index is 12.6. The second-order valence-corrected chi connectivity index (χ2v) is 5.98. The lowest BCUT2D eigenvalue weighted by Crippen LogP contribution is -2.18. The van der Waals surface area contributed by atoms with Crippen molar-refractivity contribution < 1.29 is 14.1 Å². The summed E-state index contributed by atoms with van der Waals surface area (Å²) in [5.41, 5.74) is 1.32. The molecule has 0 fully saturated rings. The molecule has 0 saturated carbocycles. The van der Waals surface area contributed by atoms with Crippen molar-refractivity contribution >= 4 is 22.9 Å². The van der Waals surface area contributed by atoms with E-state index < -0.39 is 0 Å². The Morgan fingerprint density at radius 2 is 1.82 bits per heavy atom. The summed E-state index contributed by atoms with van der Waals surface area (Å²) in [6.07, 6.45) is 0.665. The molecule has 0 bridgehead atoms. The first-order valence-corrected chi connectivity index (χ1v) is 7.66. The smallest absolute Gasteiger partial charge is 0.268 e. The monoisotopic (exact) mass is 310 g/mol. The highest BCUT2D eigenvalue weighted by molar-refractivity contribution is 7.18. The molecule has 0 saturated heterocycles. The van der Waals surface area contributed by atoms with Crippen LogP contribution in [0.15, 0.2) is 34.9 Å². The molecule has 3 aromatic rings. The molecule has 0 spiro atoms. The summed E-state index contributed by atoms with van der Waals surface area (Å²) in [6, 6.07) is 8.55. The van der Waals surface area contributed by atoms with E-state index in [9.17, 15) is 9.59 Å². The number of thiophene rings is 1. The molecular weight excluding hydrogens is 300 g/mol. The van der Waals surface area contributed by atoms with Crippen molar-refractivity contribution in [2.24, 2.45) is 0 Å². The summed E-state index contributed by atoms with van der Waals surface area (Å²) in [5, 5.41) is 3.85. The molecule has 2 heterocycles. The quantitative estimate of drug-likeness (QED) is 0.568. The molecule has 4 rings (SSSR count). The lowest BCUT2D eigenvalue weighted by molar-refractivity contribution is 0.0982. The minimum Gasteiger partial charge on any atom is -0.333 e. The average Bonchev–Trinajstić information content (AvgIpc) is 3.19. The maximum absolute atomic E-state index is 12.6. The van der Waals surface area contributed by atoms with Gasteiger partial charge in [-0.25, -0.2) is 0 Å². The second-order valence-electron chi connectivity index (χ2n) is 4.93. The van der Waals surface area contributed by atoms with E-state index in [1.807, 2.05) is 6.92 Å². The third-order valence-electron chi connectivity index (χ3n) is 3.59. The SMILES string of the molecule is CCc1noc(-c2cc3c(s2)C(=O)c2ccccc2C3=O)n1. The number of carbonyl (C=O) groups is 2. The number of nitrogens with zero attached hydrogens (tertiary/aromatic N) is 2. The Hall–Kier alpha value is -2.60. The minimum absolute atomic E-state index is 0.128. The highest BCUT2D eigenvalue weighted by Crippen LogP contribution is 2.37. The molecule has 2 aromatic heterocycles. The number of aromatic nitrogens is 2. The molecule has 0 atom stereocenters. The Morgan fingerprint density at radius 1 is 1.09 bits per heavy atom. The Morgan fingerprint density at radius 3 is 2.50 bits per heavy atom. The molecule has 108 valence electrons. The van der Waals surface area contributed by atoms with Gasteiger partial charge in [0.25, 0.3) is 5.89 Å². The number of benzene rings is 1. The third-order valence-corrected chi connectivity index (χ3v) is 4.72. The molecule has 1 aromatic carbocycles. The van der Waals surface area contributed by atoms with E-state index in [1.165, 1.54) is 11.3 Å². The number of carbonyl (C=O) groups excluding carboxylic acids is 2. The lowest BCUT2D eigenvalue weighted by atomic mass is 9.89. The van der Waals surface area contributed by atoms with Crippen molar-refractivity contribution in [3.8, 4) is 10.8 Å². The zero-order valence-corrected chi connectivity index (χ0v) is 12.4. The van der Waals surface area contributed by atoms with Gasteiger partial charge in [0.1, 0.15) is 0 Å². The Labute approximate surface area is 129 Å². The fourth-order valence-corrected chi connectivity index (χ4v) is 3.51. The first kappa shape index (κ1) is 13.1. The van der Waals surface area contributed by atoms with E-state index in [2.05, 4.69) is 10.1 Å². The van der Waals surface area contributed by atoms with Gasteiger partial charge in [-0.15, -0.1) is 11.3 Å². The van der Waals surface area contributed by atoms with E-state index >= 15 is 0 Å². The van der Waals surface area contributed by atoms with Gasteiger partial charge in [0.05, 0.1) is 9.75 Å². The molecule has 0 unspecified atom stereocenters. The van der Waals surface area contributed by atoms with Crippen LogP contribution in [0, 0.1) is 0 Å². The number of aryl methyl sites for hydroxylation is 1. The summed E-state index contributed by atoms with van der Waals surface area (Å²) in [7, 11) is 0. The molecule has 1 aliphatic carbocycles. The van der Waals surface area contributed by atoms with Crippen LogP contribution in [0.25, 0.3) is 10.8 Å². The summed E-state index contributed by atoms with van der Waals surface area (Å²) in [4.78, 5) is 30.4. The predicted molar refractivity (Wildman–Crippen MR) is 80.3 cm³/mol. The van der Waals surface area contributed by atoms with Crippen LogP contribution in [0.3, 0.4) is 0 Å². The van der Waals surface area contributed by atoms with Crippen LogP contribution in [0.4, 0.5) is 0 Å². The van der Waals surface area contributed by atoms with Gasteiger partial charge in [-0.2, -0.15) is 4.98 Å². The standard InChI is InChI=1S/C16H10N2O3S/c1-2-12-17-16(21-18-12)11-7-10-13(19)8-5-3-4-6-9(8)14(20)15(10)22-11/h3-7H,2H2,1H3. The van der Waals surface area contributed by atoms with Crippen molar-refractivity contribution in [3.05, 3.63) is 57.7 Å². The molecule has 0 N–H and O–H groups in total. The summed E-state index contributed by atoms with van der Waals surface area (Å²) in [5.74, 6) is 0.683. The lowest BCUT2D eigenvalue weighted by Gasteiger charge is -2.12. The average molecular weight is 310 g/mol. The second kappa shape index (κ2) is 4.71. The maximum Gasteiger partial charge on any atom is 0.268 e. The van der Waals surface area contributed by atoms with Crippen LogP contribution < -0.4 is 0 Å². The van der Waals surface area contributed by atoms with Crippen molar-refractivity contribution in [1.29, 1.82) is 0 Å². The van der Waals surface area contributed by atoms with Crippen LogP contribution in [-0.2, 0) is 6.42 Å². The predicted octanol–water partition coefficient (Wildman–Crippen LogP) is 3.14. The van der Waals surface area contributed by atoms with E-state index in [4.69, 9.17) is 4.52 Å². The van der Waals surface area contributed by atoms with Crippen molar-refractivity contribution in [1.82, 2.24) is 10.1 Å². The van der Waals surface area contributed by atoms with Gasteiger partial charge in [-0.3, -0.25) is 9.59 Å². The molecule has 0 radical (unpaired) electrons.